The van der Waals surface area contributed by atoms with Gasteiger partial charge in [-0.25, -0.2) is 0 Å². The van der Waals surface area contributed by atoms with Crippen LogP contribution in [0.4, 0.5) is 0 Å². The zero-order valence-electron chi connectivity index (χ0n) is 15.1. The fourth-order valence-electron chi connectivity index (χ4n) is 5.27. The van der Waals surface area contributed by atoms with Crippen LogP contribution in [0.2, 0.25) is 0 Å². The van der Waals surface area contributed by atoms with E-state index in [1.807, 2.05) is 19.9 Å². The minimum absolute atomic E-state index is 0.178. The molecule has 0 radical (unpaired) electrons. The van der Waals surface area contributed by atoms with E-state index in [1.54, 1.807) is 7.11 Å². The number of methoxy groups -OCH3 is 1. The van der Waals surface area contributed by atoms with E-state index in [2.05, 4.69) is 19.1 Å². The lowest BCUT2D eigenvalue weighted by Gasteiger charge is -2.48. The third kappa shape index (κ3) is 2.16. The first-order chi connectivity index (χ1) is 11.3. The van der Waals surface area contributed by atoms with Gasteiger partial charge >= 0.3 is 0 Å². The van der Waals surface area contributed by atoms with Crippen LogP contribution in [0.25, 0.3) is 0 Å². The molecule has 1 saturated heterocycles. The van der Waals surface area contributed by atoms with Crippen molar-refractivity contribution in [3.63, 3.8) is 0 Å². The molecule has 0 unspecified atom stereocenters. The summed E-state index contributed by atoms with van der Waals surface area (Å²) in [6.45, 7) is 6.56. The molecule has 0 amide bonds. The van der Waals surface area contributed by atoms with Gasteiger partial charge in [0, 0.05) is 5.41 Å². The first-order valence-corrected chi connectivity index (χ1v) is 9.00. The highest BCUT2D eigenvalue weighted by Gasteiger charge is 2.63. The molecule has 3 aliphatic rings. The number of benzene rings is 1. The van der Waals surface area contributed by atoms with Gasteiger partial charge in [-0.05, 0) is 68.7 Å². The van der Waals surface area contributed by atoms with Crippen LogP contribution in [0.3, 0.4) is 0 Å². The van der Waals surface area contributed by atoms with E-state index in [0.717, 1.165) is 31.4 Å². The van der Waals surface area contributed by atoms with Gasteiger partial charge in [-0.1, -0.05) is 13.0 Å². The van der Waals surface area contributed by atoms with E-state index in [-0.39, 0.29) is 11.5 Å². The highest BCUT2D eigenvalue weighted by Crippen LogP contribution is 2.62. The monoisotopic (exact) mass is 332 g/mol. The Bertz CT molecular complexity index is 655. The lowest BCUT2D eigenvalue weighted by Crippen LogP contribution is -2.55. The van der Waals surface area contributed by atoms with Crippen LogP contribution in [0.1, 0.15) is 57.1 Å². The smallest absolute Gasteiger partial charge is 0.163 e. The molecule has 1 aliphatic heterocycles. The van der Waals surface area contributed by atoms with Gasteiger partial charge in [0.2, 0.25) is 0 Å². The van der Waals surface area contributed by atoms with Crippen molar-refractivity contribution < 1.29 is 19.3 Å². The third-order valence-corrected chi connectivity index (χ3v) is 6.75. The lowest BCUT2D eigenvalue weighted by molar-refractivity contribution is -0.194. The quantitative estimate of drug-likeness (QED) is 0.902. The van der Waals surface area contributed by atoms with Gasteiger partial charge in [0.1, 0.15) is 11.9 Å². The van der Waals surface area contributed by atoms with Crippen LogP contribution in [-0.4, -0.2) is 36.3 Å². The zero-order valence-corrected chi connectivity index (χ0v) is 15.1. The normalized spacial score (nSPS) is 40.2. The van der Waals surface area contributed by atoms with Gasteiger partial charge in [-0.2, -0.15) is 0 Å². The van der Waals surface area contributed by atoms with E-state index in [4.69, 9.17) is 14.2 Å². The summed E-state index contributed by atoms with van der Waals surface area (Å²) in [7, 11) is 1.71. The molecule has 4 rings (SSSR count). The summed E-state index contributed by atoms with van der Waals surface area (Å²) in [6, 6.07) is 6.39. The molecule has 4 heteroatoms. The first kappa shape index (κ1) is 16.4. The molecule has 2 aliphatic carbocycles. The lowest BCUT2D eigenvalue weighted by atomic mass is 9.60. The maximum Gasteiger partial charge on any atom is 0.163 e. The van der Waals surface area contributed by atoms with E-state index in [1.165, 1.54) is 11.1 Å². The van der Waals surface area contributed by atoms with Crippen LogP contribution in [0, 0.1) is 5.41 Å². The molecule has 4 atom stereocenters. The summed E-state index contributed by atoms with van der Waals surface area (Å²) in [6.07, 6.45) is 3.45. The van der Waals surface area contributed by atoms with Crippen molar-refractivity contribution in [1.82, 2.24) is 0 Å². The molecule has 1 heterocycles. The summed E-state index contributed by atoms with van der Waals surface area (Å²) >= 11 is 0. The minimum Gasteiger partial charge on any atom is -0.497 e. The Kier molecular flexibility index (Phi) is 3.55. The van der Waals surface area contributed by atoms with Crippen molar-refractivity contribution in [2.45, 2.75) is 69.9 Å². The molecule has 2 fully saturated rings. The van der Waals surface area contributed by atoms with Crippen molar-refractivity contribution in [2.24, 2.45) is 5.41 Å². The highest BCUT2D eigenvalue weighted by atomic mass is 16.7. The standard InChI is InChI=1S/C20H28O4/c1-18(2)23-12-17(24-18)20(21)10-8-16-15-6-5-14(22-4)11-13(15)7-9-19(16,20)3/h5-6,11,16-17,21H,7-10,12H2,1-4H3/t16-,17+,19-,20-/m0/s1. The maximum absolute atomic E-state index is 11.7. The molecule has 1 aromatic rings. The van der Waals surface area contributed by atoms with Crippen molar-refractivity contribution in [2.75, 3.05) is 13.7 Å². The number of fused-ring (bicyclic) bond motifs is 3. The van der Waals surface area contributed by atoms with Crippen LogP contribution in [-0.2, 0) is 15.9 Å². The molecule has 1 saturated carbocycles. The van der Waals surface area contributed by atoms with Gasteiger partial charge in [0.25, 0.3) is 0 Å². The SMILES string of the molecule is COc1ccc2c(c1)CC[C@@]1(C)[C@H]2CC[C@]1(O)[C@H]1COC(C)(C)O1. The largest absolute Gasteiger partial charge is 0.497 e. The summed E-state index contributed by atoms with van der Waals surface area (Å²) < 4.78 is 17.2. The molecule has 24 heavy (non-hydrogen) atoms. The molecule has 0 bridgehead atoms. The number of hydrogen-bond donors (Lipinski definition) is 1. The molecule has 4 nitrogen and oxygen atoms in total. The molecule has 0 aromatic heterocycles. The number of ether oxygens (including phenoxy) is 3. The van der Waals surface area contributed by atoms with Gasteiger partial charge in [-0.3, -0.25) is 0 Å². The van der Waals surface area contributed by atoms with Gasteiger partial charge < -0.3 is 19.3 Å². The summed E-state index contributed by atoms with van der Waals surface area (Å²) in [5.41, 5.74) is 1.73. The molecule has 1 aromatic carbocycles. The van der Waals surface area contributed by atoms with Crippen LogP contribution in [0.5, 0.6) is 5.75 Å². The Labute approximate surface area is 144 Å². The maximum atomic E-state index is 11.7. The molecule has 1 N–H and O–H groups in total. The minimum atomic E-state index is -0.830. The fourth-order valence-corrected chi connectivity index (χ4v) is 5.27. The van der Waals surface area contributed by atoms with Crippen molar-refractivity contribution in [1.29, 1.82) is 0 Å². The summed E-state index contributed by atoms with van der Waals surface area (Å²) in [5, 5.41) is 11.7. The van der Waals surface area contributed by atoms with Crippen LogP contribution < -0.4 is 4.74 Å². The molecule has 0 spiro atoms. The van der Waals surface area contributed by atoms with E-state index < -0.39 is 11.4 Å². The van der Waals surface area contributed by atoms with E-state index >= 15 is 0 Å². The highest BCUT2D eigenvalue weighted by molar-refractivity contribution is 5.43. The van der Waals surface area contributed by atoms with Gasteiger partial charge in [-0.15, -0.1) is 0 Å². The molecule has 132 valence electrons. The van der Waals surface area contributed by atoms with Crippen molar-refractivity contribution >= 4 is 0 Å². The van der Waals surface area contributed by atoms with Gasteiger partial charge in [0.05, 0.1) is 19.3 Å². The van der Waals surface area contributed by atoms with Gasteiger partial charge in [0.15, 0.2) is 5.79 Å². The topological polar surface area (TPSA) is 47.9 Å². The number of rotatable bonds is 2. The number of aryl methyl sites for hydroxylation is 1. The number of hydrogen-bond acceptors (Lipinski definition) is 4. The third-order valence-electron chi connectivity index (χ3n) is 6.75. The Morgan fingerprint density at radius 1 is 1.21 bits per heavy atom. The Balaban J connectivity index is 1.69. The van der Waals surface area contributed by atoms with Crippen molar-refractivity contribution in [3.8, 4) is 5.75 Å². The second-order valence-electron chi connectivity index (χ2n) is 8.32. The summed E-state index contributed by atoms with van der Waals surface area (Å²) in [4.78, 5) is 0. The predicted molar refractivity (Wildman–Crippen MR) is 91.3 cm³/mol. The summed E-state index contributed by atoms with van der Waals surface area (Å²) in [5.74, 6) is 0.679. The van der Waals surface area contributed by atoms with Crippen LogP contribution in [0.15, 0.2) is 18.2 Å². The molecular formula is C20H28O4. The second kappa shape index (κ2) is 5.20. The Morgan fingerprint density at radius 2 is 2.00 bits per heavy atom. The van der Waals surface area contributed by atoms with Crippen LogP contribution >= 0.6 is 0 Å². The number of aliphatic hydroxyl groups is 1. The average Bonchev–Trinajstić information content (AvgIpc) is 3.05. The van der Waals surface area contributed by atoms with E-state index in [0.29, 0.717) is 12.5 Å². The van der Waals surface area contributed by atoms with E-state index in [9.17, 15) is 5.11 Å². The van der Waals surface area contributed by atoms with Crippen molar-refractivity contribution in [3.05, 3.63) is 29.3 Å². The predicted octanol–water partition coefficient (Wildman–Crippen LogP) is 3.41. The first-order valence-electron chi connectivity index (χ1n) is 9.00. The second-order valence-corrected chi connectivity index (χ2v) is 8.32. The fraction of sp³-hybridized carbons (Fsp3) is 0.700. The zero-order chi connectivity index (χ0) is 17.2. The average molecular weight is 332 g/mol. The Morgan fingerprint density at radius 3 is 2.67 bits per heavy atom. The Hall–Kier alpha value is -1.10. The molecular weight excluding hydrogens is 304 g/mol.